The number of anilines is 2. The van der Waals surface area contributed by atoms with Gasteiger partial charge in [-0.05, 0) is 36.8 Å². The minimum absolute atomic E-state index is 0.0845. The molecule has 0 aromatic heterocycles. The second-order valence-electron chi connectivity index (χ2n) is 4.90. The summed E-state index contributed by atoms with van der Waals surface area (Å²) in [6, 6.07) is 14.3. The maximum Gasteiger partial charge on any atom is 0.145 e. The van der Waals surface area contributed by atoms with Gasteiger partial charge in [-0.3, -0.25) is 0 Å². The van der Waals surface area contributed by atoms with Crippen LogP contribution in [0.3, 0.4) is 0 Å². The molecule has 21 heavy (non-hydrogen) atoms. The molecule has 0 bridgehead atoms. The van der Waals surface area contributed by atoms with Crippen LogP contribution in [-0.2, 0) is 6.54 Å². The van der Waals surface area contributed by atoms with E-state index in [-0.39, 0.29) is 5.56 Å². The molecule has 2 aromatic carbocycles. The first-order valence-corrected chi connectivity index (χ1v) is 6.93. The van der Waals surface area contributed by atoms with Gasteiger partial charge in [0.05, 0.1) is 5.56 Å². The number of nitriles is 1. The van der Waals surface area contributed by atoms with E-state index in [1.165, 1.54) is 6.07 Å². The molecular formula is C17H18FN3. The highest BCUT2D eigenvalue weighted by Crippen LogP contribution is 2.21. The molecule has 0 unspecified atom stereocenters. The van der Waals surface area contributed by atoms with E-state index in [2.05, 4.69) is 11.8 Å². The Morgan fingerprint density at radius 2 is 1.90 bits per heavy atom. The zero-order chi connectivity index (χ0) is 15.2. The fourth-order valence-corrected chi connectivity index (χ4v) is 2.25. The lowest BCUT2D eigenvalue weighted by Crippen LogP contribution is -2.24. The van der Waals surface area contributed by atoms with Crippen molar-refractivity contribution in [3.63, 3.8) is 0 Å². The molecule has 2 N–H and O–H groups in total. The number of nitrogens with zero attached hydrogens (tertiary/aromatic N) is 2. The Labute approximate surface area is 124 Å². The minimum atomic E-state index is -0.434. The molecule has 0 atom stereocenters. The second kappa shape index (κ2) is 6.76. The van der Waals surface area contributed by atoms with Crippen molar-refractivity contribution in [3.8, 4) is 6.07 Å². The summed E-state index contributed by atoms with van der Waals surface area (Å²) in [4.78, 5) is 2.08. The molecule has 0 amide bonds. The molecule has 0 heterocycles. The van der Waals surface area contributed by atoms with Gasteiger partial charge in [0.25, 0.3) is 0 Å². The molecule has 4 heteroatoms. The molecule has 0 aliphatic carbocycles. The summed E-state index contributed by atoms with van der Waals surface area (Å²) in [6.07, 6.45) is 0.948. The standard InChI is InChI=1S/C17H18FN3/c1-2-10-21(16-8-6-15(20)7-9-16)12-14-5-3-4-13(11-19)17(14)18/h3-9H,2,10,12,20H2,1H3. The summed E-state index contributed by atoms with van der Waals surface area (Å²) in [5.41, 5.74) is 8.01. The highest BCUT2D eigenvalue weighted by atomic mass is 19.1. The maximum absolute atomic E-state index is 14.2. The first-order chi connectivity index (χ1) is 10.2. The van der Waals surface area contributed by atoms with E-state index in [9.17, 15) is 4.39 Å². The van der Waals surface area contributed by atoms with Gasteiger partial charge in [-0.1, -0.05) is 19.1 Å². The number of hydrogen-bond donors (Lipinski definition) is 1. The Morgan fingerprint density at radius 3 is 2.52 bits per heavy atom. The summed E-state index contributed by atoms with van der Waals surface area (Å²) in [5.74, 6) is -0.434. The van der Waals surface area contributed by atoms with Crippen LogP contribution in [0.15, 0.2) is 42.5 Å². The summed E-state index contributed by atoms with van der Waals surface area (Å²) in [5, 5.41) is 8.91. The Balaban J connectivity index is 2.28. The SMILES string of the molecule is CCCN(Cc1cccc(C#N)c1F)c1ccc(N)cc1. The third-order valence-electron chi connectivity index (χ3n) is 3.31. The molecular weight excluding hydrogens is 265 g/mol. The Hall–Kier alpha value is -2.54. The van der Waals surface area contributed by atoms with Crippen LogP contribution in [0.2, 0.25) is 0 Å². The molecule has 0 fully saturated rings. The van der Waals surface area contributed by atoms with Crippen LogP contribution in [0, 0.1) is 17.1 Å². The van der Waals surface area contributed by atoms with Gasteiger partial charge in [0.15, 0.2) is 0 Å². The van der Waals surface area contributed by atoms with Gasteiger partial charge in [-0.2, -0.15) is 5.26 Å². The third-order valence-corrected chi connectivity index (χ3v) is 3.31. The van der Waals surface area contributed by atoms with Crippen LogP contribution in [-0.4, -0.2) is 6.54 Å². The van der Waals surface area contributed by atoms with E-state index in [0.29, 0.717) is 17.8 Å². The van der Waals surface area contributed by atoms with E-state index in [1.54, 1.807) is 12.1 Å². The molecule has 0 spiro atoms. The first kappa shape index (κ1) is 14.9. The van der Waals surface area contributed by atoms with E-state index in [4.69, 9.17) is 11.0 Å². The van der Waals surface area contributed by atoms with Gasteiger partial charge in [0.1, 0.15) is 11.9 Å². The van der Waals surface area contributed by atoms with E-state index >= 15 is 0 Å². The van der Waals surface area contributed by atoms with Crippen molar-refractivity contribution in [1.29, 1.82) is 5.26 Å². The summed E-state index contributed by atoms with van der Waals surface area (Å²) in [6.45, 7) is 3.31. The predicted molar refractivity (Wildman–Crippen MR) is 83.3 cm³/mol. The normalized spacial score (nSPS) is 10.1. The molecule has 0 saturated heterocycles. The lowest BCUT2D eigenvalue weighted by molar-refractivity contribution is 0.599. The number of nitrogens with two attached hydrogens (primary N) is 1. The monoisotopic (exact) mass is 283 g/mol. The van der Waals surface area contributed by atoms with Gasteiger partial charge >= 0.3 is 0 Å². The van der Waals surface area contributed by atoms with Crippen molar-refractivity contribution in [2.75, 3.05) is 17.2 Å². The summed E-state index contributed by atoms with van der Waals surface area (Å²) in [7, 11) is 0. The second-order valence-corrected chi connectivity index (χ2v) is 4.90. The molecule has 0 radical (unpaired) electrons. The lowest BCUT2D eigenvalue weighted by Gasteiger charge is -2.25. The van der Waals surface area contributed by atoms with Crippen molar-refractivity contribution in [2.24, 2.45) is 0 Å². The fraction of sp³-hybridized carbons (Fsp3) is 0.235. The van der Waals surface area contributed by atoms with Crippen LogP contribution in [0.4, 0.5) is 15.8 Å². The number of halogens is 1. The Bertz CT molecular complexity index is 644. The van der Waals surface area contributed by atoms with Gasteiger partial charge in [-0.25, -0.2) is 4.39 Å². The van der Waals surface area contributed by atoms with Crippen LogP contribution >= 0.6 is 0 Å². The van der Waals surface area contributed by atoms with E-state index in [0.717, 1.165) is 18.7 Å². The fourth-order valence-electron chi connectivity index (χ4n) is 2.25. The van der Waals surface area contributed by atoms with Gasteiger partial charge in [0, 0.05) is 30.0 Å². The van der Waals surface area contributed by atoms with Crippen molar-refractivity contribution in [3.05, 3.63) is 59.4 Å². The average Bonchev–Trinajstić information content (AvgIpc) is 2.49. The highest BCUT2D eigenvalue weighted by Gasteiger charge is 2.12. The molecule has 3 nitrogen and oxygen atoms in total. The quantitative estimate of drug-likeness (QED) is 0.851. The van der Waals surface area contributed by atoms with Crippen molar-refractivity contribution in [1.82, 2.24) is 0 Å². The summed E-state index contributed by atoms with van der Waals surface area (Å²) < 4.78 is 14.2. The summed E-state index contributed by atoms with van der Waals surface area (Å²) >= 11 is 0. The van der Waals surface area contributed by atoms with Crippen LogP contribution in [0.25, 0.3) is 0 Å². The van der Waals surface area contributed by atoms with Gasteiger partial charge in [-0.15, -0.1) is 0 Å². The van der Waals surface area contributed by atoms with Gasteiger partial charge < -0.3 is 10.6 Å². The van der Waals surface area contributed by atoms with E-state index < -0.39 is 5.82 Å². The smallest absolute Gasteiger partial charge is 0.145 e. The van der Waals surface area contributed by atoms with Crippen LogP contribution < -0.4 is 10.6 Å². The molecule has 0 aliphatic rings. The van der Waals surface area contributed by atoms with Crippen molar-refractivity contribution < 1.29 is 4.39 Å². The molecule has 2 aromatic rings. The Morgan fingerprint density at radius 1 is 1.19 bits per heavy atom. The van der Waals surface area contributed by atoms with Crippen LogP contribution in [0.5, 0.6) is 0 Å². The largest absolute Gasteiger partial charge is 0.399 e. The van der Waals surface area contributed by atoms with Crippen molar-refractivity contribution in [2.45, 2.75) is 19.9 Å². The highest BCUT2D eigenvalue weighted by molar-refractivity contribution is 5.53. The number of nitrogen functional groups attached to an aromatic ring is 1. The topological polar surface area (TPSA) is 53.0 Å². The minimum Gasteiger partial charge on any atom is -0.399 e. The Kier molecular flexibility index (Phi) is 4.78. The molecule has 2 rings (SSSR count). The molecule has 0 aliphatic heterocycles. The van der Waals surface area contributed by atoms with Crippen molar-refractivity contribution >= 4 is 11.4 Å². The predicted octanol–water partition coefficient (Wildman–Crippen LogP) is 3.70. The van der Waals surface area contributed by atoms with Gasteiger partial charge in [0.2, 0.25) is 0 Å². The molecule has 108 valence electrons. The van der Waals surface area contributed by atoms with E-state index in [1.807, 2.05) is 30.3 Å². The zero-order valence-electron chi connectivity index (χ0n) is 12.0. The first-order valence-electron chi connectivity index (χ1n) is 6.93. The number of hydrogen-bond acceptors (Lipinski definition) is 3. The number of rotatable bonds is 5. The lowest BCUT2D eigenvalue weighted by atomic mass is 10.1. The zero-order valence-corrected chi connectivity index (χ0v) is 12.0. The third kappa shape index (κ3) is 3.51. The number of benzene rings is 2. The van der Waals surface area contributed by atoms with Crippen LogP contribution in [0.1, 0.15) is 24.5 Å². The maximum atomic E-state index is 14.2. The molecule has 0 saturated carbocycles. The average molecular weight is 283 g/mol.